The van der Waals surface area contributed by atoms with Crippen molar-refractivity contribution >= 4 is 45.4 Å². The van der Waals surface area contributed by atoms with E-state index in [4.69, 9.17) is 11.6 Å². The van der Waals surface area contributed by atoms with Gasteiger partial charge in [0.15, 0.2) is 0 Å². The fraction of sp³-hybridized carbons (Fsp3) is 0.294. The highest BCUT2D eigenvalue weighted by atomic mass is 35.5. The highest BCUT2D eigenvalue weighted by Crippen LogP contribution is 2.39. The Morgan fingerprint density at radius 1 is 1.12 bits per heavy atom. The molecule has 0 bridgehead atoms. The van der Waals surface area contributed by atoms with E-state index in [2.05, 4.69) is 5.32 Å². The lowest BCUT2D eigenvalue weighted by atomic mass is 10.00. The Balaban J connectivity index is 2.34. The molecule has 2 N–H and O–H groups in total. The average molecular weight is 405 g/mol. The number of hydrogen-bond donors (Lipinski definition) is 2. The molecule has 1 aromatic carbocycles. The topological polar surface area (TPSA) is 58.2 Å². The van der Waals surface area contributed by atoms with Gasteiger partial charge in [-0.1, -0.05) is 25.4 Å². The summed E-state index contributed by atoms with van der Waals surface area (Å²) < 4.78 is 37.7. The van der Waals surface area contributed by atoms with Gasteiger partial charge in [0, 0.05) is 10.7 Å². The van der Waals surface area contributed by atoms with E-state index >= 15 is 0 Å². The van der Waals surface area contributed by atoms with Crippen LogP contribution < -0.4 is 10.6 Å². The molecule has 0 fully saturated rings. The summed E-state index contributed by atoms with van der Waals surface area (Å²) in [5.41, 5.74) is 1.54. The van der Waals surface area contributed by atoms with Crippen LogP contribution in [0.5, 0.6) is 0 Å². The lowest BCUT2D eigenvalue weighted by molar-refractivity contribution is -0.167. The van der Waals surface area contributed by atoms with Crippen LogP contribution in [0, 0.1) is 6.92 Å². The molecular weight excluding hydrogens is 389 g/mol. The molecule has 2 aromatic rings. The molecule has 1 aromatic heterocycles. The molecule has 0 saturated carbocycles. The minimum atomic E-state index is -5.00. The van der Waals surface area contributed by atoms with E-state index in [1.54, 1.807) is 45.0 Å². The van der Waals surface area contributed by atoms with Crippen molar-refractivity contribution in [2.75, 3.05) is 10.6 Å². The van der Waals surface area contributed by atoms with Gasteiger partial charge in [-0.15, -0.1) is 11.3 Å². The van der Waals surface area contributed by atoms with E-state index in [-0.39, 0.29) is 15.8 Å². The van der Waals surface area contributed by atoms with Crippen LogP contribution in [0.25, 0.3) is 0 Å². The van der Waals surface area contributed by atoms with Gasteiger partial charge in [-0.25, -0.2) is 0 Å². The highest BCUT2D eigenvalue weighted by Gasteiger charge is 2.39. The minimum absolute atomic E-state index is 0.0288. The van der Waals surface area contributed by atoms with E-state index in [0.717, 1.165) is 11.3 Å². The molecule has 4 nitrogen and oxygen atoms in total. The second-order valence-corrected chi connectivity index (χ2v) is 7.32. The largest absolute Gasteiger partial charge is 0.471 e. The maximum absolute atomic E-state index is 12.6. The first-order chi connectivity index (χ1) is 12.0. The molecule has 2 amide bonds. The zero-order chi connectivity index (χ0) is 19.6. The molecule has 26 heavy (non-hydrogen) atoms. The maximum Gasteiger partial charge on any atom is 0.471 e. The van der Waals surface area contributed by atoms with Crippen molar-refractivity contribution in [2.24, 2.45) is 0 Å². The predicted octanol–water partition coefficient (Wildman–Crippen LogP) is 5.59. The number of carbonyl (C=O) groups is 2. The predicted molar refractivity (Wildman–Crippen MR) is 97.2 cm³/mol. The summed E-state index contributed by atoms with van der Waals surface area (Å²) in [4.78, 5) is 24.0. The van der Waals surface area contributed by atoms with Crippen molar-refractivity contribution in [1.29, 1.82) is 0 Å². The molecule has 0 unspecified atom stereocenters. The molecule has 0 aliphatic carbocycles. The number of nitrogens with one attached hydrogen (secondary N) is 2. The third kappa shape index (κ3) is 4.56. The van der Waals surface area contributed by atoms with Gasteiger partial charge in [0.2, 0.25) is 0 Å². The van der Waals surface area contributed by atoms with Crippen molar-refractivity contribution in [1.82, 2.24) is 0 Å². The summed E-state index contributed by atoms with van der Waals surface area (Å²) in [7, 11) is 0. The van der Waals surface area contributed by atoms with E-state index in [1.165, 1.54) is 0 Å². The van der Waals surface area contributed by atoms with E-state index in [1.807, 2.05) is 5.32 Å². The van der Waals surface area contributed by atoms with E-state index in [0.29, 0.717) is 21.8 Å². The van der Waals surface area contributed by atoms with Crippen molar-refractivity contribution in [3.05, 3.63) is 45.3 Å². The number of hydrogen-bond acceptors (Lipinski definition) is 3. The standard InChI is InChI=1S/C17H16ClF3N2O2S/c1-8(2)12-9(3)13(26-15(12)23-16(25)17(19,20)21)14(24)22-11-6-4-10(18)5-7-11/h4-8H,1-3H3,(H,22,24)(H,23,25). The van der Waals surface area contributed by atoms with Crippen molar-refractivity contribution in [2.45, 2.75) is 32.9 Å². The highest BCUT2D eigenvalue weighted by molar-refractivity contribution is 7.18. The van der Waals surface area contributed by atoms with Crippen molar-refractivity contribution in [3.63, 3.8) is 0 Å². The fourth-order valence-electron chi connectivity index (χ4n) is 2.43. The van der Waals surface area contributed by atoms with Crippen molar-refractivity contribution in [3.8, 4) is 0 Å². The second kappa shape index (κ2) is 7.67. The zero-order valence-corrected chi connectivity index (χ0v) is 15.7. The number of benzene rings is 1. The third-order valence-electron chi connectivity index (χ3n) is 3.56. The summed E-state index contributed by atoms with van der Waals surface area (Å²) in [6.07, 6.45) is -5.00. The second-order valence-electron chi connectivity index (χ2n) is 5.87. The Kier molecular flexibility index (Phi) is 5.98. The normalized spacial score (nSPS) is 11.5. The number of thiophene rings is 1. The Morgan fingerprint density at radius 3 is 2.19 bits per heavy atom. The number of anilines is 2. The summed E-state index contributed by atoms with van der Waals surface area (Å²) in [6.45, 7) is 5.20. The third-order valence-corrected chi connectivity index (χ3v) is 5.04. The zero-order valence-electron chi connectivity index (χ0n) is 14.1. The lowest BCUT2D eigenvalue weighted by Crippen LogP contribution is -2.30. The molecule has 9 heteroatoms. The molecular formula is C17H16ClF3N2O2S. The summed E-state index contributed by atoms with van der Waals surface area (Å²) in [5.74, 6) is -2.71. The SMILES string of the molecule is Cc1c(C(=O)Nc2ccc(Cl)cc2)sc(NC(=O)C(F)(F)F)c1C(C)C. The summed E-state index contributed by atoms with van der Waals surface area (Å²) in [5, 5.41) is 5.08. The van der Waals surface area contributed by atoms with E-state index < -0.39 is 18.0 Å². The Labute approximate surface area is 157 Å². The maximum atomic E-state index is 12.6. The van der Waals surface area contributed by atoms with Gasteiger partial charge < -0.3 is 10.6 Å². The van der Waals surface area contributed by atoms with Gasteiger partial charge >= 0.3 is 12.1 Å². The van der Waals surface area contributed by atoms with Crippen LogP contribution in [-0.2, 0) is 4.79 Å². The van der Waals surface area contributed by atoms with Gasteiger partial charge in [-0.3, -0.25) is 9.59 Å². The van der Waals surface area contributed by atoms with Crippen LogP contribution >= 0.6 is 22.9 Å². The van der Waals surface area contributed by atoms with Gasteiger partial charge in [-0.05, 0) is 48.2 Å². The molecule has 1 heterocycles. The van der Waals surface area contributed by atoms with Gasteiger partial charge in [0.25, 0.3) is 5.91 Å². The van der Waals surface area contributed by atoms with Gasteiger partial charge in [0.1, 0.15) is 0 Å². The van der Waals surface area contributed by atoms with Crippen LogP contribution in [0.4, 0.5) is 23.9 Å². The first-order valence-electron chi connectivity index (χ1n) is 7.59. The van der Waals surface area contributed by atoms with Crippen LogP contribution in [0.3, 0.4) is 0 Å². The van der Waals surface area contributed by atoms with Crippen LogP contribution in [0.15, 0.2) is 24.3 Å². The first-order valence-corrected chi connectivity index (χ1v) is 8.78. The number of halogens is 4. The molecule has 0 saturated heterocycles. The summed E-state index contributed by atoms with van der Waals surface area (Å²) in [6, 6.07) is 6.43. The number of amides is 2. The van der Waals surface area contributed by atoms with Gasteiger partial charge in [0.05, 0.1) is 9.88 Å². The number of rotatable bonds is 4. The average Bonchev–Trinajstić information content (AvgIpc) is 2.85. The Hall–Kier alpha value is -2.06. The van der Waals surface area contributed by atoms with Gasteiger partial charge in [-0.2, -0.15) is 13.2 Å². The monoisotopic (exact) mass is 404 g/mol. The minimum Gasteiger partial charge on any atom is -0.321 e. The summed E-state index contributed by atoms with van der Waals surface area (Å²) >= 11 is 6.61. The number of alkyl halides is 3. The first kappa shape index (κ1) is 20.3. The van der Waals surface area contributed by atoms with Crippen molar-refractivity contribution < 1.29 is 22.8 Å². The van der Waals surface area contributed by atoms with Crippen LogP contribution in [0.2, 0.25) is 5.02 Å². The molecule has 0 spiro atoms. The Bertz CT molecular complexity index is 830. The molecule has 0 radical (unpaired) electrons. The molecule has 0 aliphatic heterocycles. The Morgan fingerprint density at radius 2 is 1.69 bits per heavy atom. The van der Waals surface area contributed by atoms with E-state index in [9.17, 15) is 22.8 Å². The molecule has 0 atom stereocenters. The fourth-order valence-corrected chi connectivity index (χ4v) is 3.81. The van der Waals surface area contributed by atoms with Crippen LogP contribution in [-0.4, -0.2) is 18.0 Å². The molecule has 140 valence electrons. The lowest BCUT2D eigenvalue weighted by Gasteiger charge is -2.11. The number of carbonyl (C=O) groups excluding carboxylic acids is 2. The van der Waals surface area contributed by atoms with Crippen LogP contribution in [0.1, 0.15) is 40.6 Å². The smallest absolute Gasteiger partial charge is 0.321 e. The molecule has 0 aliphatic rings. The quantitative estimate of drug-likeness (QED) is 0.698. The molecule has 2 rings (SSSR count).